The van der Waals surface area contributed by atoms with Gasteiger partial charge in [-0.05, 0) is 37.6 Å². The summed E-state index contributed by atoms with van der Waals surface area (Å²) in [7, 11) is 1.88. The fourth-order valence-electron chi connectivity index (χ4n) is 3.58. The van der Waals surface area contributed by atoms with Gasteiger partial charge in [-0.1, -0.05) is 6.07 Å². The van der Waals surface area contributed by atoms with Crippen LogP contribution in [0.15, 0.2) is 36.7 Å². The van der Waals surface area contributed by atoms with Gasteiger partial charge in [0.15, 0.2) is 0 Å². The zero-order chi connectivity index (χ0) is 22.0. The first-order valence-electron chi connectivity index (χ1n) is 10.2. The molecule has 162 valence electrons. The van der Waals surface area contributed by atoms with E-state index in [1.165, 1.54) is 12.4 Å². The van der Waals surface area contributed by atoms with Crippen LogP contribution >= 0.6 is 0 Å². The Balaban J connectivity index is 1.36. The number of carbonyl (C=O) groups excluding carboxylic acids is 1. The van der Waals surface area contributed by atoms with Gasteiger partial charge in [0.05, 0.1) is 11.4 Å². The number of piperazine rings is 1. The van der Waals surface area contributed by atoms with Gasteiger partial charge in [0.25, 0.3) is 5.91 Å². The topological polar surface area (TPSA) is 76.4 Å². The van der Waals surface area contributed by atoms with Crippen LogP contribution in [0.5, 0.6) is 5.88 Å². The number of nitrogens with zero attached hydrogens (tertiary/aromatic N) is 6. The first-order chi connectivity index (χ1) is 14.9. The zero-order valence-corrected chi connectivity index (χ0v) is 17.9. The number of hydrogen-bond acceptors (Lipinski definition) is 6. The van der Waals surface area contributed by atoms with E-state index in [1.54, 1.807) is 34.7 Å². The van der Waals surface area contributed by atoms with E-state index in [0.717, 1.165) is 17.2 Å². The maximum Gasteiger partial charge on any atom is 0.254 e. The fourth-order valence-corrected chi connectivity index (χ4v) is 3.58. The molecule has 0 bridgehead atoms. The van der Waals surface area contributed by atoms with Crippen molar-refractivity contribution in [2.75, 3.05) is 31.1 Å². The van der Waals surface area contributed by atoms with Crippen molar-refractivity contribution in [2.45, 2.75) is 20.5 Å². The lowest BCUT2D eigenvalue weighted by Crippen LogP contribution is -2.49. The summed E-state index contributed by atoms with van der Waals surface area (Å²) in [6.45, 7) is 6.29. The van der Waals surface area contributed by atoms with E-state index in [4.69, 9.17) is 4.74 Å². The van der Waals surface area contributed by atoms with Crippen LogP contribution in [-0.2, 0) is 13.7 Å². The Hall–Kier alpha value is -3.49. The van der Waals surface area contributed by atoms with Gasteiger partial charge in [-0.2, -0.15) is 5.10 Å². The van der Waals surface area contributed by atoms with Crippen LogP contribution in [0.1, 0.15) is 27.3 Å². The van der Waals surface area contributed by atoms with E-state index >= 15 is 0 Å². The molecule has 1 amide bonds. The highest BCUT2D eigenvalue weighted by atomic mass is 19.1. The highest BCUT2D eigenvalue weighted by Crippen LogP contribution is 2.20. The number of ether oxygens (including phenoxy) is 1. The van der Waals surface area contributed by atoms with Crippen molar-refractivity contribution in [3.05, 3.63) is 65.0 Å². The summed E-state index contributed by atoms with van der Waals surface area (Å²) in [4.78, 5) is 25.1. The predicted molar refractivity (Wildman–Crippen MR) is 114 cm³/mol. The number of benzene rings is 1. The fraction of sp³-hybridized carbons (Fsp3) is 0.364. The molecule has 0 N–H and O–H groups in total. The number of hydrogen-bond donors (Lipinski definition) is 0. The molecule has 9 heteroatoms. The van der Waals surface area contributed by atoms with Gasteiger partial charge in [-0.3, -0.25) is 9.48 Å². The molecule has 0 saturated carbocycles. The van der Waals surface area contributed by atoms with Crippen LogP contribution in [0.25, 0.3) is 0 Å². The molecule has 1 fully saturated rings. The molecule has 2 aromatic heterocycles. The Morgan fingerprint density at radius 2 is 1.87 bits per heavy atom. The quantitative estimate of drug-likeness (QED) is 0.627. The van der Waals surface area contributed by atoms with E-state index < -0.39 is 0 Å². The van der Waals surface area contributed by atoms with Crippen LogP contribution in [-0.4, -0.2) is 56.7 Å². The second-order valence-corrected chi connectivity index (χ2v) is 7.65. The van der Waals surface area contributed by atoms with E-state index in [9.17, 15) is 9.18 Å². The van der Waals surface area contributed by atoms with Crippen molar-refractivity contribution < 1.29 is 13.9 Å². The molecule has 1 saturated heterocycles. The Labute approximate surface area is 180 Å². The van der Waals surface area contributed by atoms with Crippen molar-refractivity contribution in [3.8, 4) is 5.88 Å². The van der Waals surface area contributed by atoms with E-state index in [0.29, 0.717) is 49.8 Å². The minimum Gasteiger partial charge on any atom is -0.471 e. The number of aryl methyl sites for hydroxylation is 3. The average Bonchev–Trinajstić information content (AvgIpc) is 3.11. The minimum atomic E-state index is -0.362. The number of rotatable bonds is 5. The Kier molecular flexibility index (Phi) is 5.83. The van der Waals surface area contributed by atoms with Crippen molar-refractivity contribution in [2.24, 2.45) is 7.05 Å². The first-order valence-corrected chi connectivity index (χ1v) is 10.2. The highest BCUT2D eigenvalue weighted by molar-refractivity contribution is 5.94. The Morgan fingerprint density at radius 3 is 2.55 bits per heavy atom. The normalized spacial score (nSPS) is 14.1. The highest BCUT2D eigenvalue weighted by Gasteiger charge is 2.23. The van der Waals surface area contributed by atoms with Gasteiger partial charge >= 0.3 is 0 Å². The molecular formula is C22H25FN6O2. The van der Waals surface area contributed by atoms with E-state index in [-0.39, 0.29) is 11.7 Å². The maximum absolute atomic E-state index is 13.8. The molecular weight excluding hydrogens is 399 g/mol. The lowest BCUT2D eigenvalue weighted by atomic mass is 10.1. The molecule has 3 heterocycles. The Morgan fingerprint density at radius 1 is 1.10 bits per heavy atom. The molecule has 4 rings (SSSR count). The third kappa shape index (κ3) is 4.65. The van der Waals surface area contributed by atoms with Gasteiger partial charge in [-0.25, -0.2) is 14.4 Å². The second-order valence-electron chi connectivity index (χ2n) is 7.65. The molecule has 0 radical (unpaired) electrons. The lowest BCUT2D eigenvalue weighted by Gasteiger charge is -2.35. The summed E-state index contributed by atoms with van der Waals surface area (Å²) in [5, 5.41) is 4.31. The number of amides is 1. The van der Waals surface area contributed by atoms with E-state index in [2.05, 4.69) is 20.0 Å². The lowest BCUT2D eigenvalue weighted by molar-refractivity contribution is 0.0746. The van der Waals surface area contributed by atoms with Gasteiger partial charge in [0.2, 0.25) is 5.88 Å². The monoisotopic (exact) mass is 424 g/mol. The van der Waals surface area contributed by atoms with Crippen LogP contribution in [0.2, 0.25) is 0 Å². The standard InChI is InChI=1S/C22H25FN6O2/c1-15-4-5-17(11-19(15)23)22(30)29-8-6-28(7-9-29)20-12-21(25-14-24-20)31-13-18-10-16(2)26-27(18)3/h4-5,10-12,14H,6-9,13H2,1-3H3. The molecule has 0 spiro atoms. The van der Waals surface area contributed by atoms with Crippen LogP contribution in [0, 0.1) is 19.7 Å². The van der Waals surface area contributed by atoms with Crippen LogP contribution in [0.4, 0.5) is 10.2 Å². The molecule has 31 heavy (non-hydrogen) atoms. The molecule has 1 aromatic carbocycles. The molecule has 3 aromatic rings. The molecule has 0 unspecified atom stereocenters. The predicted octanol–water partition coefficient (Wildman–Crippen LogP) is 2.51. The summed E-state index contributed by atoms with van der Waals surface area (Å²) in [5.74, 6) is 0.716. The van der Waals surface area contributed by atoms with Crippen molar-refractivity contribution in [3.63, 3.8) is 0 Å². The second kappa shape index (κ2) is 8.71. The summed E-state index contributed by atoms with van der Waals surface area (Å²) in [6, 6.07) is 8.38. The van der Waals surface area contributed by atoms with Gasteiger partial charge in [0, 0.05) is 44.9 Å². The van der Waals surface area contributed by atoms with Gasteiger partial charge in [0.1, 0.15) is 24.6 Å². The van der Waals surface area contributed by atoms with Gasteiger partial charge < -0.3 is 14.5 Å². The number of carbonyl (C=O) groups is 1. The summed E-state index contributed by atoms with van der Waals surface area (Å²) < 4.78 is 21.4. The summed E-state index contributed by atoms with van der Waals surface area (Å²) >= 11 is 0. The molecule has 0 aliphatic carbocycles. The van der Waals surface area contributed by atoms with Crippen LogP contribution < -0.4 is 9.64 Å². The third-order valence-corrected chi connectivity index (χ3v) is 5.40. The molecule has 1 aliphatic rings. The van der Waals surface area contributed by atoms with Crippen molar-refractivity contribution in [1.29, 1.82) is 0 Å². The number of aromatic nitrogens is 4. The SMILES string of the molecule is Cc1cc(COc2cc(N3CCN(C(=O)c4ccc(C)c(F)c4)CC3)ncn2)n(C)n1. The smallest absolute Gasteiger partial charge is 0.254 e. The van der Waals surface area contributed by atoms with Crippen molar-refractivity contribution >= 4 is 11.7 Å². The van der Waals surface area contributed by atoms with E-state index in [1.807, 2.05) is 20.0 Å². The van der Waals surface area contributed by atoms with Crippen LogP contribution in [0.3, 0.4) is 0 Å². The summed E-state index contributed by atoms with van der Waals surface area (Å²) in [6.07, 6.45) is 1.48. The summed E-state index contributed by atoms with van der Waals surface area (Å²) in [5.41, 5.74) is 2.80. The third-order valence-electron chi connectivity index (χ3n) is 5.40. The largest absolute Gasteiger partial charge is 0.471 e. The average molecular weight is 424 g/mol. The number of halogens is 1. The molecule has 8 nitrogen and oxygen atoms in total. The maximum atomic E-state index is 13.8. The van der Waals surface area contributed by atoms with Gasteiger partial charge in [-0.15, -0.1) is 0 Å². The van der Waals surface area contributed by atoms with Crippen molar-refractivity contribution in [1.82, 2.24) is 24.6 Å². The number of anilines is 1. The Bertz CT molecular complexity index is 1090. The zero-order valence-electron chi connectivity index (χ0n) is 17.9. The molecule has 0 atom stereocenters. The first kappa shape index (κ1) is 20.8. The minimum absolute atomic E-state index is 0.156. The molecule has 1 aliphatic heterocycles.